The van der Waals surface area contributed by atoms with Crippen LogP contribution in [-0.4, -0.2) is 47.6 Å². The first-order chi connectivity index (χ1) is 13.2. The van der Waals surface area contributed by atoms with E-state index in [1.165, 1.54) is 32.1 Å². The summed E-state index contributed by atoms with van der Waals surface area (Å²) in [5.41, 5.74) is 1.06. The third kappa shape index (κ3) is 3.40. The van der Waals surface area contributed by atoms with E-state index < -0.39 is 0 Å². The van der Waals surface area contributed by atoms with Crippen molar-refractivity contribution in [1.82, 2.24) is 15.2 Å². The Labute approximate surface area is 161 Å². The third-order valence-corrected chi connectivity index (χ3v) is 7.59. The van der Waals surface area contributed by atoms with Crippen LogP contribution in [0.1, 0.15) is 50.8 Å². The highest BCUT2D eigenvalue weighted by atomic mass is 16.5. The largest absolute Gasteiger partial charge is 0.366 e. The normalized spacial score (nSPS) is 39.3. The number of rotatable bonds is 4. The molecule has 2 atom stereocenters. The molecule has 1 aliphatic heterocycles. The second kappa shape index (κ2) is 7.17. The topological polar surface area (TPSA) is 54.5 Å². The molecule has 4 saturated carbocycles. The Kier molecular flexibility index (Phi) is 4.68. The van der Waals surface area contributed by atoms with Crippen molar-refractivity contribution in [3.63, 3.8) is 0 Å². The van der Waals surface area contributed by atoms with Crippen molar-refractivity contribution < 1.29 is 9.53 Å². The number of aromatic nitrogens is 1. The van der Waals surface area contributed by atoms with E-state index in [0.29, 0.717) is 31.0 Å². The number of carbonyl (C=O) groups is 1. The zero-order valence-electron chi connectivity index (χ0n) is 16.2. The second-order valence-electron chi connectivity index (χ2n) is 9.25. The van der Waals surface area contributed by atoms with Gasteiger partial charge < -0.3 is 10.1 Å². The van der Waals surface area contributed by atoms with E-state index in [9.17, 15) is 4.79 Å². The molecule has 4 aliphatic carbocycles. The summed E-state index contributed by atoms with van der Waals surface area (Å²) < 4.78 is 5.88. The number of nitrogens with one attached hydrogen (secondary N) is 1. The van der Waals surface area contributed by atoms with Gasteiger partial charge >= 0.3 is 0 Å². The molecule has 2 heterocycles. The van der Waals surface area contributed by atoms with Gasteiger partial charge in [-0.2, -0.15) is 0 Å². The fraction of sp³-hybridized carbons (Fsp3) is 0.727. The smallest absolute Gasteiger partial charge is 0.250 e. The Morgan fingerprint density at radius 1 is 1.19 bits per heavy atom. The molecule has 5 nitrogen and oxygen atoms in total. The predicted octanol–water partition coefficient (Wildman–Crippen LogP) is 2.78. The Morgan fingerprint density at radius 2 is 1.93 bits per heavy atom. The van der Waals surface area contributed by atoms with Crippen LogP contribution in [0.5, 0.6) is 0 Å². The lowest BCUT2D eigenvalue weighted by molar-refractivity contribution is -0.143. The Morgan fingerprint density at radius 3 is 2.59 bits per heavy atom. The summed E-state index contributed by atoms with van der Waals surface area (Å²) in [6.07, 6.45) is 8.22. The van der Waals surface area contributed by atoms with Gasteiger partial charge in [0.1, 0.15) is 6.10 Å². The number of hydrogen-bond donors (Lipinski definition) is 1. The molecule has 5 fully saturated rings. The maximum Gasteiger partial charge on any atom is 0.250 e. The maximum atomic E-state index is 13.0. The molecule has 0 spiro atoms. The van der Waals surface area contributed by atoms with Crippen LogP contribution in [0.15, 0.2) is 24.4 Å². The minimum absolute atomic E-state index is 0.102. The van der Waals surface area contributed by atoms with Gasteiger partial charge in [-0.05, 0) is 74.8 Å². The first-order valence-electron chi connectivity index (χ1n) is 10.7. The number of hydrogen-bond acceptors (Lipinski definition) is 4. The predicted molar refractivity (Wildman–Crippen MR) is 103 cm³/mol. The van der Waals surface area contributed by atoms with Crippen molar-refractivity contribution in [3.8, 4) is 0 Å². The molecule has 0 radical (unpaired) electrons. The molecule has 146 valence electrons. The molecule has 5 heteroatoms. The quantitative estimate of drug-likeness (QED) is 0.887. The maximum absolute atomic E-state index is 13.0. The summed E-state index contributed by atoms with van der Waals surface area (Å²) in [7, 11) is 0. The SMILES string of the molecule is CC(c1ccccn1)N1CCOC(C(=O)NC2C3CC4CC(C3)CC2C4)C1. The molecule has 1 saturated heterocycles. The van der Waals surface area contributed by atoms with Crippen molar-refractivity contribution in [2.24, 2.45) is 23.7 Å². The van der Waals surface area contributed by atoms with E-state index in [-0.39, 0.29) is 18.1 Å². The van der Waals surface area contributed by atoms with Gasteiger partial charge in [-0.15, -0.1) is 0 Å². The van der Waals surface area contributed by atoms with Gasteiger partial charge in [0.2, 0.25) is 0 Å². The van der Waals surface area contributed by atoms with Gasteiger partial charge in [-0.1, -0.05) is 6.07 Å². The van der Waals surface area contributed by atoms with Crippen LogP contribution in [0.4, 0.5) is 0 Å². The van der Waals surface area contributed by atoms with E-state index in [1.54, 1.807) is 0 Å². The zero-order chi connectivity index (χ0) is 18.4. The number of ether oxygens (including phenoxy) is 1. The van der Waals surface area contributed by atoms with Crippen LogP contribution in [0.2, 0.25) is 0 Å². The van der Waals surface area contributed by atoms with Crippen molar-refractivity contribution >= 4 is 5.91 Å². The molecule has 1 amide bonds. The molecule has 27 heavy (non-hydrogen) atoms. The van der Waals surface area contributed by atoms with Crippen LogP contribution >= 0.6 is 0 Å². The van der Waals surface area contributed by atoms with Gasteiger partial charge in [-0.3, -0.25) is 14.7 Å². The van der Waals surface area contributed by atoms with Crippen LogP contribution in [0, 0.1) is 23.7 Å². The third-order valence-electron chi connectivity index (χ3n) is 7.59. The van der Waals surface area contributed by atoms with Crippen LogP contribution in [0.25, 0.3) is 0 Å². The molecule has 1 aromatic rings. The molecule has 6 rings (SSSR count). The van der Waals surface area contributed by atoms with E-state index in [4.69, 9.17) is 4.74 Å². The first kappa shape index (κ1) is 17.6. The van der Waals surface area contributed by atoms with Crippen LogP contribution < -0.4 is 5.32 Å². The van der Waals surface area contributed by atoms with Gasteiger partial charge in [0, 0.05) is 31.4 Å². The molecule has 0 aromatic carbocycles. The van der Waals surface area contributed by atoms with Gasteiger partial charge in [0.15, 0.2) is 0 Å². The zero-order valence-corrected chi connectivity index (χ0v) is 16.2. The minimum atomic E-state index is -0.359. The van der Waals surface area contributed by atoms with Gasteiger partial charge in [0.25, 0.3) is 5.91 Å². The molecule has 5 aliphatic rings. The van der Waals surface area contributed by atoms with Crippen molar-refractivity contribution in [1.29, 1.82) is 0 Å². The lowest BCUT2D eigenvalue weighted by atomic mass is 9.54. The fourth-order valence-electron chi connectivity index (χ4n) is 6.41. The van der Waals surface area contributed by atoms with E-state index >= 15 is 0 Å². The average molecular weight is 370 g/mol. The Bertz CT molecular complexity index is 651. The van der Waals surface area contributed by atoms with Crippen LogP contribution in [0.3, 0.4) is 0 Å². The summed E-state index contributed by atoms with van der Waals surface area (Å²) in [5, 5.41) is 3.42. The minimum Gasteiger partial charge on any atom is -0.366 e. The molecule has 4 bridgehead atoms. The summed E-state index contributed by atoms with van der Waals surface area (Å²) >= 11 is 0. The lowest BCUT2D eigenvalue weighted by Gasteiger charge is -2.54. The summed E-state index contributed by atoms with van der Waals surface area (Å²) in [4.78, 5) is 19.8. The van der Waals surface area contributed by atoms with Crippen molar-refractivity contribution in [2.75, 3.05) is 19.7 Å². The second-order valence-corrected chi connectivity index (χ2v) is 9.25. The van der Waals surface area contributed by atoms with Crippen LogP contribution in [-0.2, 0) is 9.53 Å². The molecule has 1 N–H and O–H groups in total. The highest BCUT2D eigenvalue weighted by Gasteiger charge is 2.49. The Balaban J connectivity index is 1.22. The number of pyridine rings is 1. The summed E-state index contributed by atoms with van der Waals surface area (Å²) in [6, 6.07) is 6.61. The molecule has 1 aromatic heterocycles. The first-order valence-corrected chi connectivity index (χ1v) is 10.7. The van der Waals surface area contributed by atoms with E-state index in [1.807, 2.05) is 18.3 Å². The highest BCUT2D eigenvalue weighted by Crippen LogP contribution is 2.53. The Hall–Kier alpha value is -1.46. The monoisotopic (exact) mass is 369 g/mol. The molecular weight excluding hydrogens is 338 g/mol. The number of carbonyl (C=O) groups excluding carboxylic acids is 1. The van der Waals surface area contributed by atoms with Crippen molar-refractivity contribution in [3.05, 3.63) is 30.1 Å². The van der Waals surface area contributed by atoms with Crippen molar-refractivity contribution in [2.45, 2.75) is 57.2 Å². The van der Waals surface area contributed by atoms with Gasteiger partial charge in [-0.25, -0.2) is 0 Å². The summed E-state index contributed by atoms with van der Waals surface area (Å²) in [6.45, 7) is 4.27. The summed E-state index contributed by atoms with van der Waals surface area (Å²) in [5.74, 6) is 3.38. The van der Waals surface area contributed by atoms with E-state index in [0.717, 1.165) is 24.1 Å². The standard InChI is InChI=1S/C22H31N3O2/c1-14(19-4-2-3-5-23-19)25-6-7-27-20(13-25)22(26)24-21-17-9-15-8-16(11-17)12-18(21)10-15/h2-5,14-18,20-21H,6-13H2,1H3,(H,24,26). The van der Waals surface area contributed by atoms with Gasteiger partial charge in [0.05, 0.1) is 12.3 Å². The lowest BCUT2D eigenvalue weighted by Crippen LogP contribution is -2.59. The molecule has 2 unspecified atom stereocenters. The number of amides is 1. The number of morpholine rings is 1. The number of nitrogens with zero attached hydrogens (tertiary/aromatic N) is 2. The highest BCUT2D eigenvalue weighted by molar-refractivity contribution is 5.81. The van der Waals surface area contributed by atoms with E-state index in [2.05, 4.69) is 28.2 Å². The average Bonchev–Trinajstić information content (AvgIpc) is 2.70. The molecular formula is C22H31N3O2. The fourth-order valence-corrected chi connectivity index (χ4v) is 6.41.